The highest BCUT2D eigenvalue weighted by Crippen LogP contribution is 2.57. The van der Waals surface area contributed by atoms with Crippen molar-refractivity contribution in [1.29, 1.82) is 0 Å². The third-order valence-corrected chi connectivity index (χ3v) is 37.4. The Balaban J connectivity index is 0.000000300. The first kappa shape index (κ1) is 97.3. The number of carbonyl (C=O) groups is 1. The largest absolute Gasteiger partial charge is 0.504 e. The number of likely N-dealkylation sites (N-methyl/N-ethyl adjacent to an activating group) is 2. The second kappa shape index (κ2) is 44.1. The van der Waals surface area contributed by atoms with E-state index in [1.54, 1.807) is 48.7 Å². The van der Waals surface area contributed by atoms with Crippen LogP contribution in [0.5, 0.6) is 69.0 Å². The molecular formula is C90H146N8O17Si2. The molecule has 5 aliphatic heterocycles. The van der Waals surface area contributed by atoms with Crippen molar-refractivity contribution in [2.45, 2.75) is 289 Å². The SMILES string of the molecule is CCCCCC=O.[C-]#[N+]C(C1Cc2c(OC)c(C)c(OC)c(O)c2C(C(N)Cc2cc(O)c(OC)c(C)c2OC)N1C)N1CCO[C@@H](CCO[Si](C)(C(C)C)C(C)C)C1.[C-]#[N+]C(C1Cc2c(OC)c(C)c(OC)c(O)c2C(C2Cc3c(OC)c(C)c(OC)c(O)c3[C@H](CCCCC)N2)N1C)N1CCO[C@@H](CCO[Si](C)(C(C)C)C(C)C)C1. The molecule has 8 unspecified atom stereocenters. The summed E-state index contributed by atoms with van der Waals surface area (Å²) in [6.07, 6.45) is 11.2. The minimum Gasteiger partial charge on any atom is -0.504 e. The van der Waals surface area contributed by atoms with Crippen LogP contribution in [0.2, 0.25) is 35.3 Å². The van der Waals surface area contributed by atoms with E-state index in [2.05, 4.69) is 124 Å². The third kappa shape index (κ3) is 21.0. The number of phenols is 4. The number of benzene rings is 4. The predicted octanol–water partition coefficient (Wildman–Crippen LogP) is 16.0. The average molecular weight is 1670 g/mol. The molecule has 5 aliphatic rings. The average Bonchev–Trinajstić information content (AvgIpc) is 0.685. The molecule has 2 fully saturated rings. The van der Waals surface area contributed by atoms with E-state index in [1.807, 2.05) is 34.7 Å². The monoisotopic (exact) mass is 1670 g/mol. The number of hydrogen-bond acceptors (Lipinski definition) is 23. The first-order valence-electron chi connectivity index (χ1n) is 42.6. The molecule has 5 heterocycles. The number of unbranched alkanes of at least 4 members (excludes halogenated alkanes) is 5. The van der Waals surface area contributed by atoms with Gasteiger partial charge in [0.1, 0.15) is 41.4 Å². The van der Waals surface area contributed by atoms with Crippen LogP contribution in [0.3, 0.4) is 0 Å². The van der Waals surface area contributed by atoms with Crippen molar-refractivity contribution >= 4 is 22.9 Å². The Morgan fingerprint density at radius 1 is 0.547 bits per heavy atom. The van der Waals surface area contributed by atoms with Gasteiger partial charge in [0, 0.05) is 132 Å². The third-order valence-electron chi connectivity index (χ3n) is 26.5. The van der Waals surface area contributed by atoms with Crippen LogP contribution in [-0.4, -0.2) is 235 Å². The molecule has 656 valence electrons. The molecule has 117 heavy (non-hydrogen) atoms. The molecular weight excluding hydrogens is 1520 g/mol. The summed E-state index contributed by atoms with van der Waals surface area (Å²) < 4.78 is 72.7. The first-order chi connectivity index (χ1) is 55.7. The van der Waals surface area contributed by atoms with Gasteiger partial charge in [0.2, 0.25) is 0 Å². The van der Waals surface area contributed by atoms with Gasteiger partial charge in [-0.1, -0.05) is 101 Å². The topological polar surface area (TPSA) is 268 Å². The predicted molar refractivity (Wildman–Crippen MR) is 467 cm³/mol. The number of methoxy groups -OCH3 is 8. The smallest absolute Gasteiger partial charge is 0.295 e. The van der Waals surface area contributed by atoms with Crippen LogP contribution < -0.4 is 48.9 Å². The summed E-state index contributed by atoms with van der Waals surface area (Å²) in [5.74, 6) is 4.23. The lowest BCUT2D eigenvalue weighted by Gasteiger charge is -2.49. The number of aromatic hydroxyl groups is 4. The molecule has 2 saturated heterocycles. The molecule has 0 amide bonds. The van der Waals surface area contributed by atoms with Gasteiger partial charge in [0.15, 0.2) is 62.6 Å². The zero-order chi connectivity index (χ0) is 86.8. The maximum Gasteiger partial charge on any atom is 0.295 e. The molecule has 27 heteroatoms. The number of carbonyl (C=O) groups excluding carboxylic acids is 1. The Labute approximate surface area is 703 Å². The van der Waals surface area contributed by atoms with Gasteiger partial charge in [-0.15, -0.1) is 0 Å². The second-order valence-electron chi connectivity index (χ2n) is 34.2. The van der Waals surface area contributed by atoms with Crippen molar-refractivity contribution in [3.63, 3.8) is 0 Å². The Morgan fingerprint density at radius 2 is 0.940 bits per heavy atom. The molecule has 11 atom stereocenters. The molecule has 0 aromatic heterocycles. The van der Waals surface area contributed by atoms with E-state index in [0.29, 0.717) is 162 Å². The molecule has 7 N–H and O–H groups in total. The minimum absolute atomic E-state index is 0.00594. The van der Waals surface area contributed by atoms with Crippen LogP contribution in [0.25, 0.3) is 9.69 Å². The number of fused-ring (bicyclic) bond motifs is 3. The summed E-state index contributed by atoms with van der Waals surface area (Å²) in [7, 11) is 12.9. The highest BCUT2D eigenvalue weighted by atomic mass is 28.4. The molecule has 4 aromatic rings. The fraction of sp³-hybridized carbons (Fsp3) is 0.700. The summed E-state index contributed by atoms with van der Waals surface area (Å²) in [5.41, 5.74) is 17.5. The highest BCUT2D eigenvalue weighted by Gasteiger charge is 2.53. The van der Waals surface area contributed by atoms with Gasteiger partial charge in [0.05, 0.1) is 94.4 Å². The second-order valence-corrected chi connectivity index (χ2v) is 44.1. The molecule has 9 rings (SSSR count). The standard InChI is InChI=1S/C45H72N4O8Si.C39H62N4O8Si.C6H12O/c1-15-16-17-18-33-36-31(41(52-10)28(6)43(54-12)39(36)50)23-34(47-33)38-37-32(42(53-11)29(7)44(55-13)40(37)51)24-35(48(38)9)45(46-8)49-20-22-56-30(25-49)19-21-57-58(14,26(2)3)27(4)5;1-22(2)52(13,23(3)4)51-16-14-27-21-43(15-17-50-27)39(41-7)30-20-28-32(34(45)38(49-12)25(6)36(28)47-10)33(42(30)8)29(40)18-26-19-31(44)37(48-11)24(5)35(26)46-9;1-2-3-4-5-6-7/h26-27,30,33-35,38,45,47,50-51H,15-25H2,1-7,9-14H3;19,22-23,27,29-30,33,39,44-45H,14-18,20-21,40H2,1-6,8-13H3;6H,2-5H2,1H3/t30-,33-,34?,35?,38?,45?;27-,29?,30?,33?,39?;/m00./s1. The summed E-state index contributed by atoms with van der Waals surface area (Å²) in [5, 5.41) is 50.6. The van der Waals surface area contributed by atoms with Crippen molar-refractivity contribution in [2.75, 3.05) is 124 Å². The van der Waals surface area contributed by atoms with Gasteiger partial charge in [0.25, 0.3) is 12.3 Å². The zero-order valence-electron chi connectivity index (χ0n) is 75.7. The van der Waals surface area contributed by atoms with Gasteiger partial charge >= 0.3 is 0 Å². The summed E-state index contributed by atoms with van der Waals surface area (Å²) in [4.78, 5) is 27.3. The van der Waals surface area contributed by atoms with Crippen LogP contribution in [0.4, 0.5) is 0 Å². The number of hydrogen-bond donors (Lipinski definition) is 6. The summed E-state index contributed by atoms with van der Waals surface area (Å²) >= 11 is 0. The quantitative estimate of drug-likeness (QED) is 0.0107. The van der Waals surface area contributed by atoms with E-state index < -0.39 is 47.1 Å². The van der Waals surface area contributed by atoms with Crippen LogP contribution >= 0.6 is 0 Å². The van der Waals surface area contributed by atoms with Crippen LogP contribution in [0, 0.1) is 40.8 Å². The number of ether oxygens (including phenoxy) is 10. The van der Waals surface area contributed by atoms with Gasteiger partial charge in [-0.3, -0.25) is 19.5 Å². The lowest BCUT2D eigenvalue weighted by Crippen LogP contribution is -2.60. The van der Waals surface area contributed by atoms with Crippen molar-refractivity contribution in [3.8, 4) is 69.0 Å². The van der Waals surface area contributed by atoms with Gasteiger partial charge < -0.3 is 92.5 Å². The number of rotatable bonds is 36. The highest BCUT2D eigenvalue weighted by molar-refractivity contribution is 6.75. The van der Waals surface area contributed by atoms with Crippen molar-refractivity contribution in [2.24, 2.45) is 5.73 Å². The lowest BCUT2D eigenvalue weighted by atomic mass is 9.76. The molecule has 0 aliphatic carbocycles. The molecule has 25 nitrogen and oxygen atoms in total. The van der Waals surface area contributed by atoms with E-state index in [0.717, 1.165) is 96.6 Å². The molecule has 4 aromatic carbocycles. The normalized spacial score (nSPS) is 21.4. The van der Waals surface area contributed by atoms with Crippen LogP contribution in [0.15, 0.2) is 6.07 Å². The first-order valence-corrected chi connectivity index (χ1v) is 47.7. The number of morpholine rings is 2. The molecule has 0 radical (unpaired) electrons. The van der Waals surface area contributed by atoms with Crippen molar-refractivity contribution < 1.29 is 81.4 Å². The van der Waals surface area contributed by atoms with Crippen molar-refractivity contribution in [1.82, 2.24) is 24.9 Å². The molecule has 0 saturated carbocycles. The summed E-state index contributed by atoms with van der Waals surface area (Å²) in [6.45, 7) is 56.7. The maximum atomic E-state index is 12.2. The fourth-order valence-corrected chi connectivity index (χ4v) is 24.1. The Hall–Kier alpha value is -6.84. The van der Waals surface area contributed by atoms with Gasteiger partial charge in [-0.25, -0.2) is 22.9 Å². The van der Waals surface area contributed by atoms with Gasteiger partial charge in [-0.05, 0) is 127 Å². The van der Waals surface area contributed by atoms with Crippen molar-refractivity contribution in [3.05, 3.63) is 90.1 Å². The number of nitrogens with two attached hydrogens (primary N) is 1. The summed E-state index contributed by atoms with van der Waals surface area (Å²) in [6, 6.07) is -0.982. The van der Waals surface area contributed by atoms with E-state index in [-0.39, 0.29) is 65.8 Å². The maximum absolute atomic E-state index is 12.2. The van der Waals surface area contributed by atoms with Gasteiger partial charge in [-0.2, -0.15) is 0 Å². The molecule has 0 spiro atoms. The minimum atomic E-state index is -1.91. The Morgan fingerprint density at radius 3 is 1.35 bits per heavy atom. The lowest BCUT2D eigenvalue weighted by molar-refractivity contribution is -0.107. The number of nitrogens with zero attached hydrogens (tertiary/aromatic N) is 6. The Kier molecular flexibility index (Phi) is 36.7. The van der Waals surface area contributed by atoms with E-state index in [9.17, 15) is 25.2 Å². The number of nitrogens with one attached hydrogen (secondary N) is 1. The van der Waals surface area contributed by atoms with Crippen LogP contribution in [-0.2, 0) is 48.8 Å². The van der Waals surface area contributed by atoms with E-state index in [1.165, 1.54) is 27.1 Å². The van der Waals surface area contributed by atoms with Crippen LogP contribution in [0.1, 0.15) is 213 Å². The number of aldehydes is 1. The zero-order valence-corrected chi connectivity index (χ0v) is 77.7. The van der Waals surface area contributed by atoms with E-state index >= 15 is 0 Å². The fourth-order valence-electron chi connectivity index (χ4n) is 19.0. The Bertz CT molecular complexity index is 3990. The van der Waals surface area contributed by atoms with E-state index in [4.69, 9.17) is 75.1 Å². The number of phenolic OH excluding ortho intramolecular Hbond substituents is 4. The molecule has 0 bridgehead atoms.